The molecule has 0 amide bonds. The van der Waals surface area contributed by atoms with Crippen LogP contribution in [0.15, 0.2) is 85.5 Å². The van der Waals surface area contributed by atoms with Crippen LogP contribution in [0, 0.1) is 0 Å². The van der Waals surface area contributed by atoms with E-state index in [2.05, 4.69) is 20.0 Å². The number of esters is 1. The van der Waals surface area contributed by atoms with Crippen molar-refractivity contribution in [1.29, 1.82) is 0 Å². The van der Waals surface area contributed by atoms with Gasteiger partial charge < -0.3 is 29.9 Å². The Balaban J connectivity index is 1.23. The number of aliphatic hydroxyl groups excluding tert-OH is 1. The van der Waals surface area contributed by atoms with Crippen molar-refractivity contribution in [3.05, 3.63) is 91.0 Å². The molecule has 1 saturated heterocycles. The van der Waals surface area contributed by atoms with Crippen LogP contribution in [0.2, 0.25) is 0 Å². The Labute approximate surface area is 263 Å². The molecule has 3 heterocycles. The van der Waals surface area contributed by atoms with Crippen molar-refractivity contribution in [3.8, 4) is 5.75 Å². The standard InChI is InChI=1S/C31H33N6O8P/c1-19(29(39)42-15-20-9-4-3-5-10-20)36-46(41,45-23-14-8-12-21-11-6-7-13-22(21)23)43-16-24-26(38)31(2,40)30(44-24)37-18-35-25-27(32)33-17-34-28(25)37/h3-14,17-19,24,26,30,38,40H,15-16H2,1-2H3,(H,36,41)(H2,32,33,34)/t19-,24+,26?,30+,31?,46?/m0/s1. The van der Waals surface area contributed by atoms with Crippen LogP contribution >= 0.6 is 7.75 Å². The minimum Gasteiger partial charge on any atom is -0.460 e. The maximum Gasteiger partial charge on any atom is 0.459 e. The van der Waals surface area contributed by atoms with Gasteiger partial charge in [-0.1, -0.05) is 66.7 Å². The number of aromatic nitrogens is 4. The van der Waals surface area contributed by atoms with Gasteiger partial charge in [0.1, 0.15) is 48.1 Å². The molecule has 1 aliphatic rings. The van der Waals surface area contributed by atoms with Gasteiger partial charge in [0.05, 0.1) is 12.9 Å². The average Bonchev–Trinajstić information content (AvgIpc) is 3.57. The van der Waals surface area contributed by atoms with Gasteiger partial charge >= 0.3 is 13.7 Å². The second-order valence-electron chi connectivity index (χ2n) is 11.1. The van der Waals surface area contributed by atoms with Crippen molar-refractivity contribution in [1.82, 2.24) is 24.6 Å². The van der Waals surface area contributed by atoms with Crippen LogP contribution in [-0.2, 0) is 30.0 Å². The second-order valence-corrected chi connectivity index (χ2v) is 12.8. The summed E-state index contributed by atoms with van der Waals surface area (Å²) >= 11 is 0. The number of hydrogen-bond acceptors (Lipinski definition) is 12. The lowest BCUT2D eigenvalue weighted by Crippen LogP contribution is -2.44. The Kier molecular flexibility index (Phi) is 8.75. The highest BCUT2D eigenvalue weighted by Crippen LogP contribution is 2.48. The average molecular weight is 649 g/mol. The van der Waals surface area contributed by atoms with Gasteiger partial charge in [0.15, 0.2) is 17.7 Å². The number of carbonyl (C=O) groups is 1. The van der Waals surface area contributed by atoms with E-state index in [9.17, 15) is 19.6 Å². The van der Waals surface area contributed by atoms with Crippen LogP contribution in [0.5, 0.6) is 5.75 Å². The third-order valence-electron chi connectivity index (χ3n) is 7.70. The van der Waals surface area contributed by atoms with Crippen molar-refractivity contribution in [2.24, 2.45) is 0 Å². The van der Waals surface area contributed by atoms with Crippen LogP contribution in [0.1, 0.15) is 25.6 Å². The molecule has 14 nitrogen and oxygen atoms in total. The zero-order chi connectivity index (χ0) is 32.5. The van der Waals surface area contributed by atoms with Crippen LogP contribution in [-0.4, -0.2) is 66.2 Å². The Bertz CT molecular complexity index is 1900. The van der Waals surface area contributed by atoms with Crippen molar-refractivity contribution in [2.45, 2.75) is 50.5 Å². The zero-order valence-corrected chi connectivity index (χ0v) is 25.9. The summed E-state index contributed by atoms with van der Waals surface area (Å²) in [5.41, 5.74) is 5.40. The van der Waals surface area contributed by atoms with Gasteiger partial charge in [-0.15, -0.1) is 0 Å². The van der Waals surface area contributed by atoms with E-state index in [1.807, 2.05) is 48.5 Å². The van der Waals surface area contributed by atoms with E-state index >= 15 is 0 Å². The topological polar surface area (TPSA) is 193 Å². The lowest BCUT2D eigenvalue weighted by molar-refractivity contribution is -0.146. The first kappa shape index (κ1) is 31.5. The van der Waals surface area contributed by atoms with E-state index in [-0.39, 0.29) is 23.8 Å². The summed E-state index contributed by atoms with van der Waals surface area (Å²) in [7, 11) is -4.38. The lowest BCUT2D eigenvalue weighted by atomic mass is 9.96. The van der Waals surface area contributed by atoms with E-state index < -0.39 is 50.4 Å². The van der Waals surface area contributed by atoms with E-state index in [4.69, 9.17) is 24.3 Å². The highest BCUT2D eigenvalue weighted by atomic mass is 31.2. The molecule has 5 aromatic rings. The molecule has 6 rings (SSSR count). The smallest absolute Gasteiger partial charge is 0.459 e. The predicted octanol–water partition coefficient (Wildman–Crippen LogP) is 3.50. The van der Waals surface area contributed by atoms with Crippen molar-refractivity contribution >= 4 is 41.5 Å². The molecule has 0 aliphatic carbocycles. The maximum absolute atomic E-state index is 14.4. The number of aliphatic hydroxyl groups is 2. The van der Waals surface area contributed by atoms with E-state index in [1.54, 1.807) is 24.3 Å². The number of carbonyl (C=O) groups excluding carboxylic acids is 1. The molecule has 0 saturated carbocycles. The van der Waals surface area contributed by atoms with E-state index in [0.29, 0.717) is 10.9 Å². The zero-order valence-electron chi connectivity index (χ0n) is 25.0. The Morgan fingerprint density at radius 1 is 1.11 bits per heavy atom. The van der Waals surface area contributed by atoms with Crippen molar-refractivity contribution < 1.29 is 38.1 Å². The molecular formula is C31H33N6O8P. The first-order chi connectivity index (χ1) is 22.1. The third-order valence-corrected chi connectivity index (χ3v) is 9.33. The number of nitrogens with one attached hydrogen (secondary N) is 1. The molecule has 0 radical (unpaired) electrons. The van der Waals surface area contributed by atoms with E-state index in [1.165, 1.54) is 31.1 Å². The number of anilines is 1. The largest absolute Gasteiger partial charge is 0.460 e. The van der Waals surface area contributed by atoms with Gasteiger partial charge in [-0.3, -0.25) is 13.9 Å². The molecule has 46 heavy (non-hydrogen) atoms. The molecule has 15 heteroatoms. The minimum absolute atomic E-state index is 0.0130. The SMILES string of the molecule is C[C@H](NP(=O)(OC[C@H]1O[C@@H](n2cnc3c(N)ncnc32)C(C)(O)C1O)Oc1cccc2ccccc12)C(=O)OCc1ccccc1. The lowest BCUT2D eigenvalue weighted by Gasteiger charge is -2.27. The highest BCUT2D eigenvalue weighted by Gasteiger charge is 2.54. The van der Waals surface area contributed by atoms with Crippen LogP contribution < -0.4 is 15.3 Å². The van der Waals surface area contributed by atoms with Crippen LogP contribution in [0.25, 0.3) is 21.9 Å². The van der Waals surface area contributed by atoms with Crippen LogP contribution in [0.4, 0.5) is 5.82 Å². The maximum atomic E-state index is 14.4. The number of benzene rings is 3. The highest BCUT2D eigenvalue weighted by molar-refractivity contribution is 7.52. The van der Waals surface area contributed by atoms with Gasteiger partial charge in [-0.05, 0) is 30.9 Å². The van der Waals surface area contributed by atoms with Gasteiger partial charge in [0.2, 0.25) is 0 Å². The molecule has 5 N–H and O–H groups in total. The fourth-order valence-electron chi connectivity index (χ4n) is 5.23. The Morgan fingerprint density at radius 3 is 2.65 bits per heavy atom. The molecule has 6 atom stereocenters. The van der Waals surface area contributed by atoms with Gasteiger partial charge in [0.25, 0.3) is 0 Å². The van der Waals surface area contributed by atoms with Crippen LogP contribution in [0.3, 0.4) is 0 Å². The molecule has 240 valence electrons. The van der Waals surface area contributed by atoms with Gasteiger partial charge in [-0.2, -0.15) is 5.09 Å². The molecule has 2 aromatic heterocycles. The van der Waals surface area contributed by atoms with Gasteiger partial charge in [-0.25, -0.2) is 19.5 Å². The molecular weight excluding hydrogens is 615 g/mol. The summed E-state index contributed by atoms with van der Waals surface area (Å²) in [4.78, 5) is 25.2. The monoisotopic (exact) mass is 648 g/mol. The Hall–Kier alpha value is -4.43. The fraction of sp³-hybridized carbons (Fsp3) is 0.290. The number of rotatable bonds is 11. The number of nitrogens with two attached hydrogens (primary N) is 1. The summed E-state index contributed by atoms with van der Waals surface area (Å²) in [6.45, 7) is 2.36. The first-order valence-corrected chi connectivity index (χ1v) is 16.0. The fourth-order valence-corrected chi connectivity index (χ4v) is 6.75. The number of hydrogen-bond donors (Lipinski definition) is 4. The predicted molar refractivity (Wildman–Crippen MR) is 167 cm³/mol. The molecule has 3 unspecified atom stereocenters. The minimum atomic E-state index is -4.38. The summed E-state index contributed by atoms with van der Waals surface area (Å²) in [6.07, 6.45) is -1.26. The number of ether oxygens (including phenoxy) is 2. The molecule has 3 aromatic carbocycles. The molecule has 1 aliphatic heterocycles. The summed E-state index contributed by atoms with van der Waals surface area (Å²) in [5, 5.41) is 26.6. The number of imidazole rings is 1. The quantitative estimate of drug-likeness (QED) is 0.120. The number of nitrogen functional groups attached to an aromatic ring is 1. The normalized spacial score (nSPS) is 23.3. The molecule has 1 fully saturated rings. The van der Waals surface area contributed by atoms with Gasteiger partial charge in [0, 0.05) is 5.39 Å². The Morgan fingerprint density at radius 2 is 1.85 bits per heavy atom. The molecule has 0 bridgehead atoms. The molecule has 0 spiro atoms. The van der Waals surface area contributed by atoms with E-state index in [0.717, 1.165) is 10.9 Å². The third kappa shape index (κ3) is 6.31. The van der Waals surface area contributed by atoms with Crippen molar-refractivity contribution in [2.75, 3.05) is 12.3 Å². The summed E-state index contributed by atoms with van der Waals surface area (Å²) < 4.78 is 39.1. The second kappa shape index (κ2) is 12.8. The number of fused-ring (bicyclic) bond motifs is 2. The van der Waals surface area contributed by atoms with Crippen molar-refractivity contribution in [3.63, 3.8) is 0 Å². The summed E-state index contributed by atoms with van der Waals surface area (Å²) in [6, 6.07) is 20.5. The number of nitrogens with zero attached hydrogens (tertiary/aromatic N) is 4. The summed E-state index contributed by atoms with van der Waals surface area (Å²) in [5.74, 6) is -0.322. The first-order valence-electron chi connectivity index (χ1n) is 14.4.